The maximum Gasteiger partial charge on any atom is 0.262 e. The first-order chi connectivity index (χ1) is 12.8. The van der Waals surface area contributed by atoms with E-state index in [1.54, 1.807) is 49.9 Å². The molecule has 2 aromatic carbocycles. The summed E-state index contributed by atoms with van der Waals surface area (Å²) in [5, 5.41) is 1.56. The van der Waals surface area contributed by atoms with Crippen LogP contribution in [0.4, 0.5) is 5.69 Å². The van der Waals surface area contributed by atoms with Gasteiger partial charge in [-0.25, -0.2) is 13.4 Å². The predicted molar refractivity (Wildman–Crippen MR) is 110 cm³/mol. The molecule has 140 valence electrons. The minimum Gasteiger partial charge on any atom is -0.325 e. The third kappa shape index (κ3) is 3.59. The molecule has 5 nitrogen and oxygen atoms in total. The Morgan fingerprint density at radius 3 is 2.78 bits per heavy atom. The number of thioether (sulfide) groups is 1. The van der Waals surface area contributed by atoms with Gasteiger partial charge in [0.05, 0.1) is 10.6 Å². The lowest BCUT2D eigenvalue weighted by Crippen LogP contribution is -2.14. The molecule has 0 amide bonds. The minimum atomic E-state index is -3.72. The quantitative estimate of drug-likeness (QED) is 0.664. The van der Waals surface area contributed by atoms with Gasteiger partial charge in [-0.05, 0) is 49.2 Å². The van der Waals surface area contributed by atoms with E-state index in [4.69, 9.17) is 11.6 Å². The summed E-state index contributed by atoms with van der Waals surface area (Å²) < 4.78 is 30.5. The second-order valence-electron chi connectivity index (χ2n) is 6.50. The van der Waals surface area contributed by atoms with E-state index in [2.05, 4.69) is 14.3 Å². The fourth-order valence-electron chi connectivity index (χ4n) is 3.04. The molecular weight excluding hydrogens is 402 g/mol. The van der Waals surface area contributed by atoms with Crippen molar-refractivity contribution in [2.75, 3.05) is 10.5 Å². The van der Waals surface area contributed by atoms with Crippen LogP contribution in [-0.4, -0.2) is 23.7 Å². The number of aromatic nitrogens is 2. The molecule has 0 aliphatic carbocycles. The monoisotopic (exact) mass is 419 g/mol. The van der Waals surface area contributed by atoms with Gasteiger partial charge < -0.3 is 4.57 Å². The van der Waals surface area contributed by atoms with Gasteiger partial charge in [-0.2, -0.15) is 0 Å². The van der Waals surface area contributed by atoms with E-state index in [9.17, 15) is 8.42 Å². The molecule has 1 aliphatic heterocycles. The van der Waals surface area contributed by atoms with Crippen LogP contribution in [0.2, 0.25) is 5.02 Å². The van der Waals surface area contributed by atoms with E-state index in [-0.39, 0.29) is 4.90 Å². The lowest BCUT2D eigenvalue weighted by atomic mass is 10.1. The van der Waals surface area contributed by atoms with E-state index in [0.717, 1.165) is 34.3 Å². The lowest BCUT2D eigenvalue weighted by molar-refractivity contribution is 0.600. The van der Waals surface area contributed by atoms with Crippen LogP contribution in [0.1, 0.15) is 11.1 Å². The normalized spacial score (nSPS) is 13.6. The second-order valence-corrected chi connectivity index (χ2v) is 9.62. The van der Waals surface area contributed by atoms with Crippen molar-refractivity contribution in [3.05, 3.63) is 58.7 Å². The van der Waals surface area contributed by atoms with E-state index >= 15 is 0 Å². The number of halogens is 1. The highest BCUT2D eigenvalue weighted by Crippen LogP contribution is 2.31. The van der Waals surface area contributed by atoms with Gasteiger partial charge in [-0.15, -0.1) is 0 Å². The Balaban J connectivity index is 1.65. The first kappa shape index (κ1) is 18.4. The fourth-order valence-corrected chi connectivity index (χ4v) is 5.57. The number of nitrogens with one attached hydrogen (secondary N) is 1. The Hall–Kier alpha value is -1.96. The number of benzene rings is 2. The number of imidazole rings is 1. The molecule has 1 aromatic heterocycles. The van der Waals surface area contributed by atoms with Crippen molar-refractivity contribution in [3.63, 3.8) is 0 Å². The number of hydrogen-bond acceptors (Lipinski definition) is 4. The predicted octanol–water partition coefficient (Wildman–Crippen LogP) is 4.73. The van der Waals surface area contributed by atoms with Crippen molar-refractivity contribution in [1.82, 2.24) is 9.55 Å². The number of sulfonamides is 1. The van der Waals surface area contributed by atoms with Crippen LogP contribution in [0, 0.1) is 13.8 Å². The molecular formula is C19H18ClN3O2S2. The highest BCUT2D eigenvalue weighted by atomic mass is 35.5. The third-order valence-corrected chi connectivity index (χ3v) is 7.36. The van der Waals surface area contributed by atoms with Crippen molar-refractivity contribution in [2.45, 2.75) is 30.4 Å². The van der Waals surface area contributed by atoms with Crippen molar-refractivity contribution in [1.29, 1.82) is 0 Å². The zero-order chi connectivity index (χ0) is 19.2. The summed E-state index contributed by atoms with van der Waals surface area (Å²) in [6, 6.07) is 10.6. The smallest absolute Gasteiger partial charge is 0.262 e. The molecule has 1 aliphatic rings. The summed E-state index contributed by atoms with van der Waals surface area (Å²) in [5.74, 6) is 1.04. The van der Waals surface area contributed by atoms with Crippen LogP contribution >= 0.6 is 23.4 Å². The summed E-state index contributed by atoms with van der Waals surface area (Å²) in [7, 11) is -3.72. The van der Waals surface area contributed by atoms with Crippen LogP contribution in [0.5, 0.6) is 0 Å². The van der Waals surface area contributed by atoms with E-state index in [0.29, 0.717) is 16.3 Å². The maximum absolute atomic E-state index is 12.9. The molecule has 0 saturated carbocycles. The second kappa shape index (κ2) is 6.89. The molecule has 2 heterocycles. The molecule has 8 heteroatoms. The number of hydrogen-bond donors (Lipinski definition) is 1. The van der Waals surface area contributed by atoms with Gasteiger partial charge in [0, 0.05) is 34.8 Å². The summed E-state index contributed by atoms with van der Waals surface area (Å²) in [6.45, 7) is 4.48. The SMILES string of the molecule is Cc1cc(S(=O)(=O)Nc2cccc(-c3cn4c(n3)SCC4)c2)c(C)cc1Cl. The summed E-state index contributed by atoms with van der Waals surface area (Å²) in [6.07, 6.45) is 2.01. The van der Waals surface area contributed by atoms with Gasteiger partial charge in [-0.1, -0.05) is 35.5 Å². The van der Waals surface area contributed by atoms with Gasteiger partial charge in [0.1, 0.15) is 0 Å². The highest BCUT2D eigenvalue weighted by Gasteiger charge is 2.19. The van der Waals surface area contributed by atoms with Crippen LogP contribution in [-0.2, 0) is 16.6 Å². The van der Waals surface area contributed by atoms with Crippen molar-refractivity contribution < 1.29 is 8.42 Å². The molecule has 0 radical (unpaired) electrons. The average molecular weight is 420 g/mol. The van der Waals surface area contributed by atoms with Crippen LogP contribution in [0.25, 0.3) is 11.3 Å². The average Bonchev–Trinajstić information content (AvgIpc) is 3.19. The van der Waals surface area contributed by atoms with Crippen LogP contribution in [0.3, 0.4) is 0 Å². The zero-order valence-electron chi connectivity index (χ0n) is 14.9. The summed E-state index contributed by atoms with van der Waals surface area (Å²) in [4.78, 5) is 4.86. The Bertz CT molecular complexity index is 1120. The molecule has 0 spiro atoms. The Morgan fingerprint density at radius 1 is 1.19 bits per heavy atom. The largest absolute Gasteiger partial charge is 0.325 e. The number of anilines is 1. The van der Waals surface area contributed by atoms with Crippen LogP contribution in [0.15, 0.2) is 52.6 Å². The molecule has 3 aromatic rings. The summed E-state index contributed by atoms with van der Waals surface area (Å²) >= 11 is 7.82. The van der Waals surface area contributed by atoms with Gasteiger partial charge >= 0.3 is 0 Å². The zero-order valence-corrected chi connectivity index (χ0v) is 17.2. The van der Waals surface area contributed by atoms with Gasteiger partial charge in [0.25, 0.3) is 10.0 Å². The number of aryl methyl sites for hydroxylation is 3. The topological polar surface area (TPSA) is 64.0 Å². The molecule has 1 N–H and O–H groups in total. The van der Waals surface area contributed by atoms with Gasteiger partial charge in [0.15, 0.2) is 5.16 Å². The maximum atomic E-state index is 12.9. The highest BCUT2D eigenvalue weighted by molar-refractivity contribution is 7.99. The summed E-state index contributed by atoms with van der Waals surface area (Å²) in [5.41, 5.74) is 3.55. The molecule has 0 bridgehead atoms. The minimum absolute atomic E-state index is 0.229. The first-order valence-electron chi connectivity index (χ1n) is 8.43. The lowest BCUT2D eigenvalue weighted by Gasteiger charge is -2.12. The van der Waals surface area contributed by atoms with Crippen molar-refractivity contribution >= 4 is 39.1 Å². The molecule has 0 unspecified atom stereocenters. The third-order valence-electron chi connectivity index (χ3n) is 4.46. The molecule has 0 fully saturated rings. The van der Waals surface area contributed by atoms with Gasteiger partial charge in [-0.3, -0.25) is 4.72 Å². The first-order valence-corrected chi connectivity index (χ1v) is 11.3. The van der Waals surface area contributed by atoms with E-state index < -0.39 is 10.0 Å². The Morgan fingerprint density at radius 2 is 2.00 bits per heavy atom. The standard InChI is InChI=1S/C19H18ClN3O2S2/c1-12-9-18(13(2)8-16(12)20)27(24,25)22-15-5-3-4-14(10-15)17-11-23-6-7-26-19(23)21-17/h3-5,8-11,22H,6-7H2,1-2H3. The van der Waals surface area contributed by atoms with Crippen LogP contribution < -0.4 is 4.72 Å². The van der Waals surface area contributed by atoms with Gasteiger partial charge in [0.2, 0.25) is 0 Å². The van der Waals surface area contributed by atoms with Crippen molar-refractivity contribution in [2.24, 2.45) is 0 Å². The number of fused-ring (bicyclic) bond motifs is 1. The van der Waals surface area contributed by atoms with Crippen molar-refractivity contribution in [3.8, 4) is 11.3 Å². The fraction of sp³-hybridized carbons (Fsp3) is 0.211. The molecule has 4 rings (SSSR count). The Kier molecular flexibility index (Phi) is 4.70. The van der Waals surface area contributed by atoms with E-state index in [1.165, 1.54) is 0 Å². The number of nitrogens with zero attached hydrogens (tertiary/aromatic N) is 2. The molecule has 0 atom stereocenters. The molecule has 27 heavy (non-hydrogen) atoms. The molecule has 0 saturated heterocycles. The van der Waals surface area contributed by atoms with E-state index in [1.807, 2.05) is 18.3 Å². The number of rotatable bonds is 4. The Labute approximate surface area is 167 Å².